The molecule has 0 aliphatic carbocycles. The van der Waals surface area contributed by atoms with Crippen molar-refractivity contribution in [1.29, 1.82) is 0 Å². The number of carbonyl (C=O) groups excluding carboxylic acids is 1. The second kappa shape index (κ2) is 7.96. The summed E-state index contributed by atoms with van der Waals surface area (Å²) in [7, 11) is 0. The molecule has 1 heterocycles. The van der Waals surface area contributed by atoms with Gasteiger partial charge in [-0.3, -0.25) is 14.2 Å². The number of benzene rings is 1. The number of carbonyl (C=O) groups is 2. The van der Waals surface area contributed by atoms with Gasteiger partial charge in [0.25, 0.3) is 0 Å². The first-order chi connectivity index (χ1) is 11.4. The summed E-state index contributed by atoms with van der Waals surface area (Å²) in [5, 5.41) is 20.2. The summed E-state index contributed by atoms with van der Waals surface area (Å²) in [6.45, 7) is 5.25. The van der Waals surface area contributed by atoms with Gasteiger partial charge in [-0.2, -0.15) is 0 Å². The van der Waals surface area contributed by atoms with Crippen LogP contribution in [-0.2, 0) is 9.59 Å². The fourth-order valence-corrected chi connectivity index (χ4v) is 2.71. The van der Waals surface area contributed by atoms with E-state index in [1.165, 1.54) is 11.8 Å². The van der Waals surface area contributed by atoms with Crippen LogP contribution in [0.2, 0.25) is 0 Å². The molecule has 2 N–H and O–H groups in total. The van der Waals surface area contributed by atoms with Gasteiger partial charge in [0.2, 0.25) is 5.91 Å². The average Bonchev–Trinajstić information content (AvgIpc) is 3.01. The molecule has 0 fully saturated rings. The highest BCUT2D eigenvalue weighted by molar-refractivity contribution is 7.99. The molecular formula is C16H20N4O3S. The molecule has 1 aromatic heterocycles. The third-order valence-electron chi connectivity index (χ3n) is 3.69. The fraction of sp³-hybridized carbons (Fsp3) is 0.375. The Morgan fingerprint density at radius 2 is 1.96 bits per heavy atom. The number of nitrogens with zero attached hydrogens (tertiary/aromatic N) is 3. The van der Waals surface area contributed by atoms with E-state index in [4.69, 9.17) is 5.11 Å². The molecule has 8 heteroatoms. The smallest absolute Gasteiger partial charge is 0.308 e. The van der Waals surface area contributed by atoms with Crippen molar-refractivity contribution in [2.45, 2.75) is 32.0 Å². The molecule has 0 radical (unpaired) electrons. The van der Waals surface area contributed by atoms with E-state index < -0.39 is 17.9 Å². The SMILES string of the molecule is Cc1ccc(-n2cnnc2SCC(=O)NC(C)C(C)C(=O)O)cc1. The quantitative estimate of drug-likeness (QED) is 0.742. The summed E-state index contributed by atoms with van der Waals surface area (Å²) < 4.78 is 1.81. The van der Waals surface area contributed by atoms with Crippen LogP contribution in [0.15, 0.2) is 35.7 Å². The monoisotopic (exact) mass is 348 g/mol. The number of amides is 1. The van der Waals surface area contributed by atoms with E-state index in [1.807, 2.05) is 31.2 Å². The highest BCUT2D eigenvalue weighted by atomic mass is 32.2. The third kappa shape index (κ3) is 4.58. The van der Waals surface area contributed by atoms with Gasteiger partial charge in [0.05, 0.1) is 11.7 Å². The first kappa shape index (κ1) is 18.0. The summed E-state index contributed by atoms with van der Waals surface area (Å²) in [5.41, 5.74) is 2.07. The summed E-state index contributed by atoms with van der Waals surface area (Å²) in [6.07, 6.45) is 1.60. The molecule has 2 unspecified atom stereocenters. The van der Waals surface area contributed by atoms with Gasteiger partial charge in [-0.1, -0.05) is 29.5 Å². The van der Waals surface area contributed by atoms with E-state index in [0.717, 1.165) is 11.3 Å². The summed E-state index contributed by atoms with van der Waals surface area (Å²) in [6, 6.07) is 7.46. The molecule has 2 aromatic rings. The second-order valence-corrected chi connectivity index (χ2v) is 6.53. The van der Waals surface area contributed by atoms with Crippen molar-refractivity contribution in [3.63, 3.8) is 0 Å². The van der Waals surface area contributed by atoms with Gasteiger partial charge in [-0.05, 0) is 32.9 Å². The Bertz CT molecular complexity index is 714. The van der Waals surface area contributed by atoms with Gasteiger partial charge in [0.1, 0.15) is 6.33 Å². The lowest BCUT2D eigenvalue weighted by atomic mass is 10.0. The van der Waals surface area contributed by atoms with Gasteiger partial charge in [0.15, 0.2) is 5.16 Å². The zero-order valence-electron chi connectivity index (χ0n) is 13.8. The van der Waals surface area contributed by atoms with Crippen LogP contribution in [0.1, 0.15) is 19.4 Å². The summed E-state index contributed by atoms with van der Waals surface area (Å²) in [5.74, 6) is -1.68. The Labute approximate surface area is 144 Å². The molecule has 1 amide bonds. The van der Waals surface area contributed by atoms with Crippen molar-refractivity contribution >= 4 is 23.6 Å². The van der Waals surface area contributed by atoms with Crippen LogP contribution < -0.4 is 5.32 Å². The lowest BCUT2D eigenvalue weighted by molar-refractivity contribution is -0.142. The van der Waals surface area contributed by atoms with Gasteiger partial charge in [-0.15, -0.1) is 10.2 Å². The molecule has 1 aromatic carbocycles. The van der Waals surface area contributed by atoms with Crippen LogP contribution in [0.25, 0.3) is 5.69 Å². The predicted octanol–water partition coefficient (Wildman–Crippen LogP) is 1.89. The highest BCUT2D eigenvalue weighted by Gasteiger charge is 2.21. The van der Waals surface area contributed by atoms with Crippen LogP contribution in [0.3, 0.4) is 0 Å². The predicted molar refractivity (Wildman–Crippen MR) is 91.2 cm³/mol. The summed E-state index contributed by atoms with van der Waals surface area (Å²) in [4.78, 5) is 22.9. The van der Waals surface area contributed by atoms with Crippen molar-refractivity contribution in [3.05, 3.63) is 36.2 Å². The molecule has 2 rings (SSSR count). The minimum Gasteiger partial charge on any atom is -0.481 e. The molecule has 0 aliphatic rings. The largest absolute Gasteiger partial charge is 0.481 e. The van der Waals surface area contributed by atoms with E-state index in [0.29, 0.717) is 5.16 Å². The molecular weight excluding hydrogens is 328 g/mol. The van der Waals surface area contributed by atoms with Gasteiger partial charge in [0, 0.05) is 11.7 Å². The second-order valence-electron chi connectivity index (χ2n) is 5.59. The lowest BCUT2D eigenvalue weighted by Crippen LogP contribution is -2.40. The number of aryl methyl sites for hydroxylation is 1. The van der Waals surface area contributed by atoms with Gasteiger partial charge in [-0.25, -0.2) is 0 Å². The fourth-order valence-electron chi connectivity index (χ4n) is 1.97. The molecule has 0 spiro atoms. The number of aromatic nitrogens is 3. The molecule has 0 saturated carbocycles. The Balaban J connectivity index is 1.96. The molecule has 0 aliphatic heterocycles. The minimum absolute atomic E-state index is 0.140. The van der Waals surface area contributed by atoms with Gasteiger partial charge < -0.3 is 10.4 Å². The van der Waals surface area contributed by atoms with E-state index in [9.17, 15) is 9.59 Å². The van der Waals surface area contributed by atoms with E-state index in [2.05, 4.69) is 15.5 Å². The number of nitrogens with one attached hydrogen (secondary N) is 1. The third-order valence-corrected chi connectivity index (χ3v) is 4.63. The van der Waals surface area contributed by atoms with Crippen molar-refractivity contribution in [2.24, 2.45) is 5.92 Å². The first-order valence-electron chi connectivity index (χ1n) is 7.50. The Morgan fingerprint density at radius 1 is 1.29 bits per heavy atom. The van der Waals surface area contributed by atoms with Crippen molar-refractivity contribution in [2.75, 3.05) is 5.75 Å². The van der Waals surface area contributed by atoms with Crippen LogP contribution in [0, 0.1) is 12.8 Å². The normalized spacial score (nSPS) is 13.3. The van der Waals surface area contributed by atoms with E-state index >= 15 is 0 Å². The molecule has 0 bridgehead atoms. The number of thioether (sulfide) groups is 1. The number of hydrogen-bond acceptors (Lipinski definition) is 5. The molecule has 0 saturated heterocycles. The van der Waals surface area contributed by atoms with Crippen molar-refractivity contribution in [1.82, 2.24) is 20.1 Å². The van der Waals surface area contributed by atoms with Crippen LogP contribution in [0.4, 0.5) is 0 Å². The Morgan fingerprint density at radius 3 is 2.58 bits per heavy atom. The van der Waals surface area contributed by atoms with E-state index in [-0.39, 0.29) is 11.7 Å². The number of hydrogen-bond donors (Lipinski definition) is 2. The maximum absolute atomic E-state index is 12.0. The zero-order valence-corrected chi connectivity index (χ0v) is 14.6. The average molecular weight is 348 g/mol. The zero-order chi connectivity index (χ0) is 17.7. The maximum atomic E-state index is 12.0. The highest BCUT2D eigenvalue weighted by Crippen LogP contribution is 2.19. The number of rotatable bonds is 7. The minimum atomic E-state index is -0.936. The van der Waals surface area contributed by atoms with Crippen molar-refractivity contribution in [3.8, 4) is 5.69 Å². The van der Waals surface area contributed by atoms with Crippen LogP contribution in [-0.4, -0.2) is 43.5 Å². The summed E-state index contributed by atoms with van der Waals surface area (Å²) >= 11 is 1.25. The molecule has 24 heavy (non-hydrogen) atoms. The Hall–Kier alpha value is -2.35. The molecule has 2 atom stereocenters. The lowest BCUT2D eigenvalue weighted by Gasteiger charge is -2.17. The topological polar surface area (TPSA) is 97.1 Å². The first-order valence-corrected chi connectivity index (χ1v) is 8.49. The van der Waals surface area contributed by atoms with Crippen LogP contribution in [0.5, 0.6) is 0 Å². The standard InChI is InChI=1S/C16H20N4O3S/c1-10-4-6-13(7-5-10)20-9-17-19-16(20)24-8-14(21)18-12(3)11(2)15(22)23/h4-7,9,11-12H,8H2,1-3H3,(H,18,21)(H,22,23). The van der Waals surface area contributed by atoms with Crippen molar-refractivity contribution < 1.29 is 14.7 Å². The van der Waals surface area contributed by atoms with E-state index in [1.54, 1.807) is 24.7 Å². The molecule has 7 nitrogen and oxygen atoms in total. The molecule has 128 valence electrons. The van der Waals surface area contributed by atoms with Gasteiger partial charge >= 0.3 is 5.97 Å². The Kier molecular flexibility index (Phi) is 5.97. The maximum Gasteiger partial charge on any atom is 0.308 e. The number of carboxylic acid groups (broad SMARTS) is 1. The number of aliphatic carboxylic acids is 1. The van der Waals surface area contributed by atoms with Crippen LogP contribution >= 0.6 is 11.8 Å². The number of carboxylic acids is 1.